The van der Waals surface area contributed by atoms with Gasteiger partial charge in [0.2, 0.25) is 0 Å². The van der Waals surface area contributed by atoms with Crippen molar-refractivity contribution in [3.8, 4) is 0 Å². The van der Waals surface area contributed by atoms with Gasteiger partial charge in [-0.25, -0.2) is 4.58 Å². The zero-order valence-corrected chi connectivity index (χ0v) is 6.85. The van der Waals surface area contributed by atoms with Crippen molar-refractivity contribution < 1.29 is 4.58 Å². The summed E-state index contributed by atoms with van der Waals surface area (Å²) in [4.78, 5) is 0. The number of hydrogen-bond acceptors (Lipinski definition) is 0. The summed E-state index contributed by atoms with van der Waals surface area (Å²) in [5, 5.41) is 0. The third kappa shape index (κ3) is 7.67. The first-order chi connectivity index (χ1) is 4.27. The van der Waals surface area contributed by atoms with E-state index >= 15 is 0 Å². The fourth-order valence-corrected chi connectivity index (χ4v) is 0.744. The summed E-state index contributed by atoms with van der Waals surface area (Å²) in [5.74, 6) is 0. The second-order valence-electron chi connectivity index (χ2n) is 2.64. The summed E-state index contributed by atoms with van der Waals surface area (Å²) >= 11 is 0. The van der Waals surface area contributed by atoms with E-state index in [9.17, 15) is 0 Å². The molecule has 0 aromatic heterocycles. The second-order valence-corrected chi connectivity index (χ2v) is 2.64. The average molecular weight is 128 g/mol. The van der Waals surface area contributed by atoms with Crippen molar-refractivity contribution in [3.05, 3.63) is 0 Å². The van der Waals surface area contributed by atoms with Crippen LogP contribution in [0.3, 0.4) is 0 Å². The van der Waals surface area contributed by atoms with Crippen molar-refractivity contribution in [2.75, 3.05) is 14.1 Å². The minimum absolute atomic E-state index is 1.24. The Hall–Kier alpha value is -0.330. The van der Waals surface area contributed by atoms with Gasteiger partial charge in [0, 0.05) is 6.42 Å². The Morgan fingerprint density at radius 3 is 2.33 bits per heavy atom. The summed E-state index contributed by atoms with van der Waals surface area (Å²) in [5.41, 5.74) is 0. The predicted octanol–water partition coefficient (Wildman–Crippen LogP) is 1.91. The van der Waals surface area contributed by atoms with Gasteiger partial charge in [0.05, 0.1) is 0 Å². The van der Waals surface area contributed by atoms with Crippen LogP contribution in [0.4, 0.5) is 0 Å². The lowest BCUT2D eigenvalue weighted by atomic mass is 10.2. The van der Waals surface area contributed by atoms with Crippen LogP contribution in [0.5, 0.6) is 0 Å². The molecule has 0 aromatic carbocycles. The molecule has 0 heterocycles. The van der Waals surface area contributed by atoms with E-state index < -0.39 is 0 Å². The second kappa shape index (κ2) is 5.80. The molecule has 0 saturated carbocycles. The van der Waals surface area contributed by atoms with Gasteiger partial charge in [0.25, 0.3) is 0 Å². The zero-order chi connectivity index (χ0) is 7.11. The maximum absolute atomic E-state index is 2.23. The summed E-state index contributed by atoms with van der Waals surface area (Å²) in [6.07, 6.45) is 7.50. The van der Waals surface area contributed by atoms with E-state index in [1.54, 1.807) is 0 Å². The molecule has 0 aliphatic heterocycles. The first-order valence-electron chi connectivity index (χ1n) is 3.77. The molecule has 0 aliphatic carbocycles. The maximum atomic E-state index is 2.23. The van der Waals surface area contributed by atoms with Gasteiger partial charge in [-0.1, -0.05) is 19.8 Å². The van der Waals surface area contributed by atoms with Gasteiger partial charge in [0.1, 0.15) is 20.3 Å². The minimum Gasteiger partial charge on any atom is -0.245 e. The van der Waals surface area contributed by atoms with Gasteiger partial charge in [-0.05, 0) is 6.42 Å². The van der Waals surface area contributed by atoms with Gasteiger partial charge >= 0.3 is 0 Å². The number of unbranched alkanes of at least 4 members (excludes halogenated alkanes) is 3. The van der Waals surface area contributed by atoms with Crippen LogP contribution in [0, 0.1) is 0 Å². The molecule has 0 amide bonds. The summed E-state index contributed by atoms with van der Waals surface area (Å²) in [7, 11) is 4.15. The van der Waals surface area contributed by atoms with Gasteiger partial charge in [-0.15, -0.1) is 0 Å². The Balaban J connectivity index is 3.00. The maximum Gasteiger partial charge on any atom is 0.139 e. The monoisotopic (exact) mass is 128 g/mol. The first kappa shape index (κ1) is 8.67. The Labute approximate surface area is 58.4 Å². The topological polar surface area (TPSA) is 3.01 Å². The quantitative estimate of drug-likeness (QED) is 0.309. The Bertz CT molecular complexity index is 80.6. The Morgan fingerprint density at radius 1 is 1.22 bits per heavy atom. The van der Waals surface area contributed by atoms with Crippen LogP contribution in [-0.4, -0.2) is 24.9 Å². The van der Waals surface area contributed by atoms with Crippen molar-refractivity contribution >= 4 is 6.21 Å². The molecular formula is C8H18N+. The zero-order valence-electron chi connectivity index (χ0n) is 6.85. The summed E-state index contributed by atoms with van der Waals surface area (Å²) in [6, 6.07) is 0. The molecule has 54 valence electrons. The largest absolute Gasteiger partial charge is 0.245 e. The molecule has 0 aliphatic rings. The lowest BCUT2D eigenvalue weighted by Gasteiger charge is -1.89. The van der Waals surface area contributed by atoms with Gasteiger partial charge in [0.15, 0.2) is 0 Å². The molecule has 0 fully saturated rings. The van der Waals surface area contributed by atoms with E-state index in [0.717, 1.165) is 0 Å². The molecule has 0 unspecified atom stereocenters. The van der Waals surface area contributed by atoms with E-state index in [2.05, 4.69) is 31.8 Å². The first-order valence-corrected chi connectivity index (χ1v) is 3.77. The number of nitrogens with zero attached hydrogens (tertiary/aromatic N) is 1. The Kier molecular flexibility index (Phi) is 5.59. The fraction of sp³-hybridized carbons (Fsp3) is 0.875. The van der Waals surface area contributed by atoms with E-state index in [4.69, 9.17) is 0 Å². The molecular weight excluding hydrogens is 110 g/mol. The lowest BCUT2D eigenvalue weighted by molar-refractivity contribution is -0.460. The van der Waals surface area contributed by atoms with Crippen molar-refractivity contribution in [3.63, 3.8) is 0 Å². The third-order valence-corrected chi connectivity index (χ3v) is 1.30. The number of rotatable bonds is 4. The SMILES string of the molecule is CCCCCC=[N+](C)C. The molecule has 1 nitrogen and oxygen atoms in total. The van der Waals surface area contributed by atoms with Crippen LogP contribution in [0.25, 0.3) is 0 Å². The van der Waals surface area contributed by atoms with E-state index in [1.807, 2.05) is 0 Å². The highest BCUT2D eigenvalue weighted by Gasteiger charge is 1.85. The van der Waals surface area contributed by atoms with Crippen LogP contribution < -0.4 is 0 Å². The third-order valence-electron chi connectivity index (χ3n) is 1.30. The highest BCUT2D eigenvalue weighted by atomic mass is 14.9. The van der Waals surface area contributed by atoms with Crippen LogP contribution >= 0.6 is 0 Å². The van der Waals surface area contributed by atoms with Crippen LogP contribution in [0.15, 0.2) is 0 Å². The molecule has 0 spiro atoms. The molecule has 0 N–H and O–H groups in total. The molecule has 1 heteroatoms. The van der Waals surface area contributed by atoms with Crippen LogP contribution in [0.2, 0.25) is 0 Å². The fourth-order valence-electron chi connectivity index (χ4n) is 0.744. The van der Waals surface area contributed by atoms with Gasteiger partial charge in [-0.3, -0.25) is 0 Å². The molecule has 9 heavy (non-hydrogen) atoms. The standard InChI is InChI=1S/C8H18N/c1-4-5-6-7-8-9(2)3/h8H,4-7H2,1-3H3/q+1. The van der Waals surface area contributed by atoms with Gasteiger partial charge in [-0.2, -0.15) is 0 Å². The molecule has 0 bridgehead atoms. The number of hydrogen-bond donors (Lipinski definition) is 0. The molecule has 0 atom stereocenters. The van der Waals surface area contributed by atoms with Gasteiger partial charge < -0.3 is 0 Å². The molecule has 0 aromatic rings. The Morgan fingerprint density at radius 2 is 1.89 bits per heavy atom. The van der Waals surface area contributed by atoms with Crippen LogP contribution in [-0.2, 0) is 0 Å². The predicted molar refractivity (Wildman–Crippen MR) is 42.3 cm³/mol. The van der Waals surface area contributed by atoms with Crippen molar-refractivity contribution in [1.82, 2.24) is 0 Å². The summed E-state index contributed by atoms with van der Waals surface area (Å²) in [6.45, 7) is 2.23. The normalized spacial score (nSPS) is 9.22. The minimum atomic E-state index is 1.24. The highest BCUT2D eigenvalue weighted by Crippen LogP contribution is 1.95. The van der Waals surface area contributed by atoms with E-state index in [0.29, 0.717) is 0 Å². The smallest absolute Gasteiger partial charge is 0.139 e. The van der Waals surface area contributed by atoms with Crippen molar-refractivity contribution in [2.24, 2.45) is 0 Å². The lowest BCUT2D eigenvalue weighted by Crippen LogP contribution is -1.97. The van der Waals surface area contributed by atoms with E-state index in [1.165, 1.54) is 25.7 Å². The molecule has 0 rings (SSSR count). The van der Waals surface area contributed by atoms with E-state index in [-0.39, 0.29) is 0 Å². The molecule has 0 saturated heterocycles. The molecule has 0 radical (unpaired) electrons. The van der Waals surface area contributed by atoms with Crippen molar-refractivity contribution in [2.45, 2.75) is 32.6 Å². The average Bonchev–Trinajstić information content (AvgIpc) is 1.80. The highest BCUT2D eigenvalue weighted by molar-refractivity contribution is 5.50. The summed E-state index contributed by atoms with van der Waals surface area (Å²) < 4.78 is 2.12. The van der Waals surface area contributed by atoms with Crippen LogP contribution in [0.1, 0.15) is 32.6 Å². The van der Waals surface area contributed by atoms with Crippen molar-refractivity contribution in [1.29, 1.82) is 0 Å².